The van der Waals surface area contributed by atoms with Crippen molar-refractivity contribution in [2.24, 2.45) is 0 Å². The molecule has 2 aromatic carbocycles. The summed E-state index contributed by atoms with van der Waals surface area (Å²) in [5.74, 6) is 1.72. The van der Waals surface area contributed by atoms with Gasteiger partial charge < -0.3 is 25.0 Å². The third-order valence-electron chi connectivity index (χ3n) is 6.00. The van der Waals surface area contributed by atoms with Crippen molar-refractivity contribution in [1.29, 1.82) is 0 Å². The summed E-state index contributed by atoms with van der Waals surface area (Å²) in [6.45, 7) is 4.18. The van der Waals surface area contributed by atoms with Crippen molar-refractivity contribution in [3.63, 3.8) is 0 Å². The second-order valence-electron chi connectivity index (χ2n) is 8.51. The van der Waals surface area contributed by atoms with Crippen molar-refractivity contribution in [1.82, 2.24) is 34.4 Å². The first kappa shape index (κ1) is 22.6. The van der Waals surface area contributed by atoms with Crippen LogP contribution in [-0.4, -0.2) is 66.8 Å². The molecule has 186 valence electrons. The predicted octanol–water partition coefficient (Wildman–Crippen LogP) is 3.78. The SMILES string of the molecule is Cc1cc(Nc2ncnc3ccc(NC(=O)N4CCOCC4)cc23)ccc1Oc1cc2nncn2cn1. The summed E-state index contributed by atoms with van der Waals surface area (Å²) >= 11 is 0. The molecule has 0 unspecified atom stereocenters. The number of benzene rings is 2. The lowest BCUT2D eigenvalue weighted by atomic mass is 10.1. The number of hydrogen-bond acceptors (Lipinski definition) is 9. The molecule has 6 rings (SSSR count). The molecule has 12 heteroatoms. The Morgan fingerprint density at radius 1 is 1.00 bits per heavy atom. The van der Waals surface area contributed by atoms with Gasteiger partial charge in [-0.1, -0.05) is 0 Å². The number of ether oxygens (including phenoxy) is 2. The number of aryl methyl sites for hydroxylation is 1. The molecule has 3 aromatic heterocycles. The molecule has 1 saturated heterocycles. The van der Waals surface area contributed by atoms with E-state index in [2.05, 4.69) is 35.8 Å². The molecule has 0 saturated carbocycles. The van der Waals surface area contributed by atoms with Crippen molar-refractivity contribution in [2.75, 3.05) is 36.9 Å². The quantitative estimate of drug-likeness (QED) is 0.372. The minimum absolute atomic E-state index is 0.155. The maximum atomic E-state index is 12.6. The fourth-order valence-electron chi connectivity index (χ4n) is 4.06. The van der Waals surface area contributed by atoms with E-state index in [-0.39, 0.29) is 6.03 Å². The summed E-state index contributed by atoms with van der Waals surface area (Å²) in [6, 6.07) is 12.9. The molecule has 12 nitrogen and oxygen atoms in total. The first-order valence-corrected chi connectivity index (χ1v) is 11.7. The number of carbonyl (C=O) groups is 1. The van der Waals surface area contributed by atoms with E-state index in [9.17, 15) is 4.79 Å². The van der Waals surface area contributed by atoms with Gasteiger partial charge in [0.1, 0.15) is 30.5 Å². The molecule has 1 aliphatic heterocycles. The Morgan fingerprint density at radius 3 is 2.73 bits per heavy atom. The summed E-state index contributed by atoms with van der Waals surface area (Å²) < 4.78 is 13.0. The third-order valence-corrected chi connectivity index (χ3v) is 6.00. The molecule has 0 aliphatic carbocycles. The second kappa shape index (κ2) is 9.66. The number of carbonyl (C=O) groups excluding carboxylic acids is 1. The molecule has 2 N–H and O–H groups in total. The maximum absolute atomic E-state index is 12.6. The van der Waals surface area contributed by atoms with E-state index in [1.54, 1.807) is 28.0 Å². The van der Waals surface area contributed by atoms with Crippen molar-refractivity contribution in [3.05, 3.63) is 67.0 Å². The molecule has 37 heavy (non-hydrogen) atoms. The molecule has 5 aromatic rings. The lowest BCUT2D eigenvalue weighted by Crippen LogP contribution is -2.43. The fraction of sp³-hybridized carbons (Fsp3) is 0.200. The standard InChI is InChI=1S/C25H23N9O3/c1-16-10-17(3-5-21(16)37-23-12-22-32-29-15-34(22)14-28-23)30-24-19-11-18(2-4-20(19)26-13-27-24)31-25(35)33-6-8-36-9-7-33/h2-5,10-15H,6-9H2,1H3,(H,31,35)(H,26,27,30). The van der Waals surface area contributed by atoms with Crippen LogP contribution < -0.4 is 15.4 Å². The Labute approximate surface area is 211 Å². The van der Waals surface area contributed by atoms with Crippen LogP contribution in [0.15, 0.2) is 61.4 Å². The van der Waals surface area contributed by atoms with Gasteiger partial charge in [-0.05, 0) is 48.9 Å². The molecule has 0 radical (unpaired) electrons. The molecule has 1 fully saturated rings. The Bertz CT molecular complexity index is 1600. The maximum Gasteiger partial charge on any atom is 0.321 e. The highest BCUT2D eigenvalue weighted by Gasteiger charge is 2.17. The number of rotatable bonds is 5. The van der Waals surface area contributed by atoms with E-state index in [1.807, 2.05) is 43.3 Å². The van der Waals surface area contributed by atoms with Gasteiger partial charge >= 0.3 is 6.03 Å². The van der Waals surface area contributed by atoms with Gasteiger partial charge in [-0.15, -0.1) is 10.2 Å². The second-order valence-corrected chi connectivity index (χ2v) is 8.51. The van der Waals surface area contributed by atoms with Gasteiger partial charge in [0.2, 0.25) is 5.88 Å². The van der Waals surface area contributed by atoms with Gasteiger partial charge in [0.25, 0.3) is 0 Å². The Hall–Kier alpha value is -4.84. The zero-order valence-corrected chi connectivity index (χ0v) is 20.0. The molecule has 4 heterocycles. The molecule has 2 amide bonds. The zero-order chi connectivity index (χ0) is 25.2. The van der Waals surface area contributed by atoms with Crippen molar-refractivity contribution in [3.8, 4) is 11.6 Å². The van der Waals surface area contributed by atoms with Crippen LogP contribution in [0.2, 0.25) is 0 Å². The van der Waals surface area contributed by atoms with Crippen LogP contribution in [0.1, 0.15) is 5.56 Å². The van der Waals surface area contributed by atoms with E-state index < -0.39 is 0 Å². The average Bonchev–Trinajstić information content (AvgIpc) is 3.39. The third kappa shape index (κ3) is 4.82. The van der Waals surface area contributed by atoms with E-state index in [0.717, 1.165) is 22.2 Å². The number of nitrogens with one attached hydrogen (secondary N) is 2. The molecule has 0 bridgehead atoms. The summed E-state index contributed by atoms with van der Waals surface area (Å²) in [4.78, 5) is 27.4. The smallest absolute Gasteiger partial charge is 0.321 e. The summed E-state index contributed by atoms with van der Waals surface area (Å²) in [5, 5.41) is 15.0. The molecule has 0 atom stereocenters. The Kier molecular flexibility index (Phi) is 5.91. The lowest BCUT2D eigenvalue weighted by molar-refractivity contribution is 0.0564. The molecule has 0 spiro atoms. The topological polar surface area (TPSA) is 132 Å². The van der Waals surface area contributed by atoms with Gasteiger partial charge in [0.05, 0.1) is 18.7 Å². The van der Waals surface area contributed by atoms with Crippen LogP contribution in [0.25, 0.3) is 16.6 Å². The minimum Gasteiger partial charge on any atom is -0.439 e. The molecular weight excluding hydrogens is 474 g/mol. The lowest BCUT2D eigenvalue weighted by Gasteiger charge is -2.27. The fourth-order valence-corrected chi connectivity index (χ4v) is 4.06. The first-order valence-electron chi connectivity index (χ1n) is 11.7. The summed E-state index contributed by atoms with van der Waals surface area (Å²) in [6.07, 6.45) is 4.69. The van der Waals surface area contributed by atoms with E-state index in [1.165, 1.54) is 6.33 Å². The van der Waals surface area contributed by atoms with Gasteiger partial charge in [-0.25, -0.2) is 19.7 Å². The summed E-state index contributed by atoms with van der Waals surface area (Å²) in [7, 11) is 0. The number of morpholine rings is 1. The number of amides is 2. The van der Waals surface area contributed by atoms with Crippen molar-refractivity contribution >= 4 is 39.8 Å². The van der Waals surface area contributed by atoms with Crippen molar-refractivity contribution < 1.29 is 14.3 Å². The molecular formula is C25H23N9O3. The van der Waals surface area contributed by atoms with Gasteiger partial charge in [-0.3, -0.25) is 4.40 Å². The number of urea groups is 1. The Morgan fingerprint density at radius 2 is 1.86 bits per heavy atom. The van der Waals surface area contributed by atoms with E-state index in [0.29, 0.717) is 55.1 Å². The average molecular weight is 498 g/mol. The largest absolute Gasteiger partial charge is 0.439 e. The van der Waals surface area contributed by atoms with Gasteiger partial charge in [0.15, 0.2) is 5.65 Å². The van der Waals surface area contributed by atoms with Crippen LogP contribution in [0, 0.1) is 6.92 Å². The number of fused-ring (bicyclic) bond motifs is 2. The monoisotopic (exact) mass is 497 g/mol. The molecule has 1 aliphatic rings. The number of anilines is 3. The number of hydrogen-bond donors (Lipinski definition) is 2. The van der Waals surface area contributed by atoms with Crippen LogP contribution in [0.3, 0.4) is 0 Å². The van der Waals surface area contributed by atoms with Crippen LogP contribution >= 0.6 is 0 Å². The van der Waals surface area contributed by atoms with Crippen LogP contribution in [-0.2, 0) is 4.74 Å². The zero-order valence-electron chi connectivity index (χ0n) is 20.0. The highest BCUT2D eigenvalue weighted by Crippen LogP contribution is 2.30. The predicted molar refractivity (Wildman–Crippen MR) is 136 cm³/mol. The van der Waals surface area contributed by atoms with Gasteiger partial charge in [-0.2, -0.15) is 0 Å². The number of aromatic nitrogens is 6. The highest BCUT2D eigenvalue weighted by atomic mass is 16.5. The first-order chi connectivity index (χ1) is 18.1. The number of nitrogens with zero attached hydrogens (tertiary/aromatic N) is 7. The van der Waals surface area contributed by atoms with E-state index in [4.69, 9.17) is 9.47 Å². The van der Waals surface area contributed by atoms with E-state index >= 15 is 0 Å². The van der Waals surface area contributed by atoms with Crippen LogP contribution in [0.5, 0.6) is 11.6 Å². The van der Waals surface area contributed by atoms with Crippen molar-refractivity contribution in [2.45, 2.75) is 6.92 Å². The summed E-state index contributed by atoms with van der Waals surface area (Å²) in [5.41, 5.74) is 3.81. The van der Waals surface area contributed by atoms with Gasteiger partial charge in [0, 0.05) is 35.9 Å². The highest BCUT2D eigenvalue weighted by molar-refractivity contribution is 5.96. The van der Waals surface area contributed by atoms with Crippen LogP contribution in [0.4, 0.5) is 22.0 Å². The normalized spacial score (nSPS) is 13.6. The minimum atomic E-state index is -0.155. The Balaban J connectivity index is 1.21.